The van der Waals surface area contributed by atoms with E-state index in [-0.39, 0.29) is 17.2 Å². The molecule has 0 saturated carbocycles. The van der Waals surface area contributed by atoms with Gasteiger partial charge >= 0.3 is 0 Å². The van der Waals surface area contributed by atoms with Crippen LogP contribution < -0.4 is 0 Å². The number of carbonyl (C=O) groups is 1. The van der Waals surface area contributed by atoms with Crippen molar-refractivity contribution in [3.05, 3.63) is 40.1 Å². The van der Waals surface area contributed by atoms with E-state index < -0.39 is 0 Å². The maximum absolute atomic E-state index is 13.6. The molecular formula is C22H32N4O2S. The lowest BCUT2D eigenvalue weighted by Gasteiger charge is -2.28. The van der Waals surface area contributed by atoms with Gasteiger partial charge in [-0.05, 0) is 39.3 Å². The molecule has 4 heterocycles. The highest BCUT2D eigenvalue weighted by Crippen LogP contribution is 2.50. The van der Waals surface area contributed by atoms with Crippen molar-refractivity contribution in [1.29, 1.82) is 0 Å². The Bertz CT molecular complexity index is 861. The Labute approximate surface area is 177 Å². The van der Waals surface area contributed by atoms with Crippen LogP contribution in [0.3, 0.4) is 0 Å². The number of ether oxygens (including phenoxy) is 1. The molecule has 2 aromatic rings. The normalized spacial score (nSPS) is 25.2. The lowest BCUT2D eigenvalue weighted by molar-refractivity contribution is -0.136. The predicted molar refractivity (Wildman–Crippen MR) is 115 cm³/mol. The molecule has 0 aromatic carbocycles. The molecule has 0 bridgehead atoms. The summed E-state index contributed by atoms with van der Waals surface area (Å²) in [5.74, 6) is 0.423. The van der Waals surface area contributed by atoms with Crippen molar-refractivity contribution in [2.75, 3.05) is 39.9 Å². The van der Waals surface area contributed by atoms with E-state index in [2.05, 4.69) is 48.6 Å². The van der Waals surface area contributed by atoms with Crippen molar-refractivity contribution in [3.63, 3.8) is 0 Å². The molecule has 1 amide bonds. The van der Waals surface area contributed by atoms with Gasteiger partial charge in [0.2, 0.25) is 5.91 Å². The second-order valence-corrected chi connectivity index (χ2v) is 10.1. The fourth-order valence-corrected chi connectivity index (χ4v) is 5.78. The quantitative estimate of drug-likeness (QED) is 0.695. The monoisotopic (exact) mass is 416 g/mol. The number of likely N-dealkylation sites (tertiary alicyclic amines) is 2. The molecule has 0 unspecified atom stereocenters. The van der Waals surface area contributed by atoms with E-state index in [4.69, 9.17) is 9.72 Å². The minimum atomic E-state index is -0.365. The summed E-state index contributed by atoms with van der Waals surface area (Å²) < 4.78 is 7.38. The lowest BCUT2D eigenvalue weighted by atomic mass is 9.75. The zero-order valence-electron chi connectivity index (χ0n) is 17.9. The SMILES string of the molecule is COCCN1CC[C@]2(CN(Cc3ccc(C)s3)C[C@@H]2c2cn(C(C)C)cn2)C1=O. The van der Waals surface area contributed by atoms with E-state index in [9.17, 15) is 4.79 Å². The Hall–Kier alpha value is -1.70. The first-order valence-corrected chi connectivity index (χ1v) is 11.3. The number of hydrogen-bond acceptors (Lipinski definition) is 5. The van der Waals surface area contributed by atoms with E-state index in [1.807, 2.05) is 22.6 Å². The zero-order valence-corrected chi connectivity index (χ0v) is 18.7. The standard InChI is InChI=1S/C22H32N4O2S/c1-16(2)26-13-20(23-15-26)19-12-24(11-18-6-5-17(3)29-18)14-22(19)7-8-25(21(22)27)9-10-28-4/h5-6,13,15-16,19H,7-12,14H2,1-4H3/t19-,22-/m1/s1. The summed E-state index contributed by atoms with van der Waals surface area (Å²) in [5.41, 5.74) is 0.696. The molecule has 0 N–H and O–H groups in total. The minimum Gasteiger partial charge on any atom is -0.383 e. The second-order valence-electron chi connectivity index (χ2n) is 8.77. The first-order valence-electron chi connectivity index (χ1n) is 10.5. The van der Waals surface area contributed by atoms with E-state index in [1.54, 1.807) is 7.11 Å². The number of hydrogen-bond donors (Lipinski definition) is 0. The molecule has 2 fully saturated rings. The van der Waals surface area contributed by atoms with Crippen molar-refractivity contribution in [2.45, 2.75) is 45.7 Å². The number of aryl methyl sites for hydroxylation is 1. The summed E-state index contributed by atoms with van der Waals surface area (Å²) in [6.45, 7) is 11.2. The molecular weight excluding hydrogens is 384 g/mol. The van der Waals surface area contributed by atoms with Crippen LogP contribution in [0.4, 0.5) is 0 Å². The topological polar surface area (TPSA) is 50.6 Å². The summed E-state index contributed by atoms with van der Waals surface area (Å²) >= 11 is 1.85. The van der Waals surface area contributed by atoms with Crippen LogP contribution in [0.5, 0.6) is 0 Å². The molecule has 29 heavy (non-hydrogen) atoms. The van der Waals surface area contributed by atoms with Crippen LogP contribution in [-0.4, -0.2) is 65.2 Å². The molecule has 2 aromatic heterocycles. The maximum Gasteiger partial charge on any atom is 0.230 e. The summed E-state index contributed by atoms with van der Waals surface area (Å²) in [6, 6.07) is 4.77. The largest absolute Gasteiger partial charge is 0.383 e. The van der Waals surface area contributed by atoms with Gasteiger partial charge in [0.25, 0.3) is 0 Å². The van der Waals surface area contributed by atoms with Crippen molar-refractivity contribution in [3.8, 4) is 0 Å². The van der Waals surface area contributed by atoms with Crippen LogP contribution in [0, 0.1) is 12.3 Å². The van der Waals surface area contributed by atoms with Crippen molar-refractivity contribution < 1.29 is 9.53 Å². The number of carbonyl (C=O) groups excluding carboxylic acids is 1. The summed E-state index contributed by atoms with van der Waals surface area (Å²) in [7, 11) is 1.69. The number of imidazole rings is 1. The van der Waals surface area contributed by atoms with Crippen molar-refractivity contribution >= 4 is 17.2 Å². The van der Waals surface area contributed by atoms with Gasteiger partial charge in [0.15, 0.2) is 0 Å². The summed E-state index contributed by atoms with van der Waals surface area (Å²) in [6.07, 6.45) is 4.97. The fourth-order valence-electron chi connectivity index (χ4n) is 4.85. The summed E-state index contributed by atoms with van der Waals surface area (Å²) in [5, 5.41) is 0. The van der Waals surface area contributed by atoms with Gasteiger partial charge in [-0.1, -0.05) is 0 Å². The first kappa shape index (κ1) is 20.6. The summed E-state index contributed by atoms with van der Waals surface area (Å²) in [4.78, 5) is 25.5. The molecule has 158 valence electrons. The third-order valence-electron chi connectivity index (χ3n) is 6.47. The van der Waals surface area contributed by atoms with E-state index in [0.29, 0.717) is 19.2 Å². The van der Waals surface area contributed by atoms with Gasteiger partial charge in [-0.25, -0.2) is 4.98 Å². The van der Waals surface area contributed by atoms with Gasteiger partial charge in [0.05, 0.1) is 24.0 Å². The second kappa shape index (κ2) is 8.20. The van der Waals surface area contributed by atoms with E-state index in [0.717, 1.165) is 38.3 Å². The smallest absolute Gasteiger partial charge is 0.230 e. The molecule has 2 atom stereocenters. The van der Waals surface area contributed by atoms with Crippen LogP contribution in [-0.2, 0) is 16.1 Å². The number of thiophene rings is 1. The number of amides is 1. The Morgan fingerprint density at radius 2 is 2.21 bits per heavy atom. The van der Waals surface area contributed by atoms with E-state index in [1.165, 1.54) is 9.75 Å². The average molecular weight is 417 g/mol. The highest BCUT2D eigenvalue weighted by atomic mass is 32.1. The molecule has 2 saturated heterocycles. The highest BCUT2D eigenvalue weighted by Gasteiger charge is 2.57. The third-order valence-corrected chi connectivity index (χ3v) is 7.46. The molecule has 6 nitrogen and oxygen atoms in total. The highest BCUT2D eigenvalue weighted by molar-refractivity contribution is 7.11. The van der Waals surface area contributed by atoms with E-state index >= 15 is 0 Å². The average Bonchev–Trinajstić information content (AvgIpc) is 3.44. The Morgan fingerprint density at radius 1 is 1.38 bits per heavy atom. The third kappa shape index (κ3) is 3.88. The first-order chi connectivity index (χ1) is 13.9. The molecule has 2 aliphatic heterocycles. The van der Waals surface area contributed by atoms with Gasteiger partial charge in [-0.2, -0.15) is 0 Å². The van der Waals surface area contributed by atoms with Crippen molar-refractivity contribution in [1.82, 2.24) is 19.4 Å². The fraction of sp³-hybridized carbons (Fsp3) is 0.636. The number of rotatable bonds is 7. The number of aromatic nitrogens is 2. The molecule has 4 rings (SSSR count). The zero-order chi connectivity index (χ0) is 20.6. The predicted octanol–water partition coefficient (Wildman–Crippen LogP) is 3.30. The molecule has 7 heteroatoms. The van der Waals surface area contributed by atoms with Gasteiger partial charge in [-0.3, -0.25) is 9.69 Å². The lowest BCUT2D eigenvalue weighted by Crippen LogP contribution is -2.40. The van der Waals surface area contributed by atoms with Crippen LogP contribution in [0.15, 0.2) is 24.7 Å². The Balaban J connectivity index is 1.61. The number of methoxy groups -OCH3 is 1. The Morgan fingerprint density at radius 3 is 2.86 bits per heavy atom. The molecule has 0 aliphatic carbocycles. The van der Waals surface area contributed by atoms with Gasteiger partial charge in [0.1, 0.15) is 0 Å². The van der Waals surface area contributed by atoms with Gasteiger partial charge < -0.3 is 14.2 Å². The minimum absolute atomic E-state index is 0.142. The molecule has 0 radical (unpaired) electrons. The van der Waals surface area contributed by atoms with Gasteiger partial charge in [0, 0.05) is 67.7 Å². The van der Waals surface area contributed by atoms with Crippen molar-refractivity contribution in [2.24, 2.45) is 5.41 Å². The molecule has 2 aliphatic rings. The van der Waals surface area contributed by atoms with Crippen LogP contribution >= 0.6 is 11.3 Å². The maximum atomic E-state index is 13.6. The number of nitrogens with zero attached hydrogens (tertiary/aromatic N) is 4. The van der Waals surface area contributed by atoms with Crippen LogP contribution in [0.2, 0.25) is 0 Å². The Kier molecular flexibility index (Phi) is 5.82. The van der Waals surface area contributed by atoms with Gasteiger partial charge in [-0.15, -0.1) is 11.3 Å². The van der Waals surface area contributed by atoms with Crippen LogP contribution in [0.1, 0.15) is 47.7 Å². The van der Waals surface area contributed by atoms with Crippen LogP contribution in [0.25, 0.3) is 0 Å². The molecule has 1 spiro atoms.